The highest BCUT2D eigenvalue weighted by atomic mass is 79.9. The molecule has 0 spiro atoms. The maximum atomic E-state index is 15.1. The first kappa shape index (κ1) is 22.4. The number of hydrogen-bond donors (Lipinski definition) is 0. The summed E-state index contributed by atoms with van der Waals surface area (Å²) < 4.78 is 29.7. The molecule has 0 radical (unpaired) electrons. The van der Waals surface area contributed by atoms with Crippen LogP contribution >= 0.6 is 15.9 Å². The molecule has 2 fully saturated rings. The number of alkyl halides is 1. The number of benzene rings is 1. The molecule has 3 aliphatic rings. The van der Waals surface area contributed by atoms with Crippen LogP contribution in [0.3, 0.4) is 0 Å². The van der Waals surface area contributed by atoms with E-state index in [1.165, 1.54) is 11.1 Å². The Labute approximate surface area is 207 Å². The molecule has 8 heteroatoms. The van der Waals surface area contributed by atoms with Crippen LogP contribution in [-0.2, 0) is 11.2 Å². The van der Waals surface area contributed by atoms with E-state index in [0.717, 1.165) is 59.1 Å². The number of halogens is 2. The summed E-state index contributed by atoms with van der Waals surface area (Å²) >= 11 is 3.46. The van der Waals surface area contributed by atoms with Crippen molar-refractivity contribution in [2.75, 3.05) is 20.3 Å². The monoisotopic (exact) mass is 528 g/mol. The molecule has 0 bridgehead atoms. The molecule has 1 aromatic carbocycles. The van der Waals surface area contributed by atoms with Gasteiger partial charge in [-0.05, 0) is 78.6 Å². The Kier molecular flexibility index (Phi) is 5.66. The van der Waals surface area contributed by atoms with Crippen LogP contribution in [0, 0.1) is 0 Å². The summed E-state index contributed by atoms with van der Waals surface area (Å²) in [5.41, 5.74) is 3.44. The van der Waals surface area contributed by atoms with Gasteiger partial charge in [0.15, 0.2) is 6.23 Å². The predicted octanol–water partition coefficient (Wildman–Crippen LogP) is 5.74. The van der Waals surface area contributed by atoms with Gasteiger partial charge in [0.05, 0.1) is 24.9 Å². The van der Waals surface area contributed by atoms with E-state index in [-0.39, 0.29) is 18.3 Å². The topological polar surface area (TPSA) is 52.4 Å². The Morgan fingerprint density at radius 3 is 2.82 bits per heavy atom. The first-order valence-corrected chi connectivity index (χ1v) is 13.0. The highest BCUT2D eigenvalue weighted by molar-refractivity contribution is 9.10. The van der Waals surface area contributed by atoms with Gasteiger partial charge in [-0.2, -0.15) is 5.10 Å². The van der Waals surface area contributed by atoms with Crippen molar-refractivity contribution >= 4 is 26.8 Å². The van der Waals surface area contributed by atoms with E-state index >= 15 is 4.39 Å². The van der Waals surface area contributed by atoms with Gasteiger partial charge in [0.1, 0.15) is 16.0 Å². The normalized spacial score (nSPS) is 26.4. The Hall–Kier alpha value is -2.03. The van der Waals surface area contributed by atoms with E-state index in [1.807, 2.05) is 23.1 Å². The van der Waals surface area contributed by atoms with Crippen molar-refractivity contribution in [3.63, 3.8) is 0 Å². The second-order valence-electron chi connectivity index (χ2n) is 10.0. The van der Waals surface area contributed by atoms with E-state index in [2.05, 4.69) is 44.9 Å². The molecule has 180 valence electrons. The molecule has 0 unspecified atom stereocenters. The number of ether oxygens (including phenoxy) is 2. The standard InChI is InChI=1S/C26H30BrFN4O2/c1-16-11-18-17(6-7-21-19(18)14-30-32(21)24-5-3-4-10-34-24)25(31(16)15-26(28)8-9-26)20-13-29-23(27)12-22(20)33-2/h6-7,12-14,16,24-25H,3-5,8-11,15H2,1-2H3/t16-,24-,25+/m1/s1. The summed E-state index contributed by atoms with van der Waals surface area (Å²) in [5.74, 6) is 0.757. The minimum Gasteiger partial charge on any atom is -0.496 e. The highest BCUT2D eigenvalue weighted by Crippen LogP contribution is 2.48. The maximum Gasteiger partial charge on any atom is 0.150 e. The molecule has 0 amide bonds. The zero-order chi connectivity index (χ0) is 23.4. The minimum atomic E-state index is -1.09. The maximum absolute atomic E-state index is 15.1. The first-order valence-electron chi connectivity index (χ1n) is 12.2. The van der Waals surface area contributed by atoms with Gasteiger partial charge in [-0.15, -0.1) is 0 Å². The second kappa shape index (κ2) is 8.57. The van der Waals surface area contributed by atoms with E-state index < -0.39 is 5.67 Å². The number of aromatic nitrogens is 3. The lowest BCUT2D eigenvalue weighted by Crippen LogP contribution is -2.46. The Bertz CT molecular complexity index is 1220. The number of rotatable bonds is 5. The molecule has 4 heterocycles. The third-order valence-corrected chi connectivity index (χ3v) is 8.12. The SMILES string of the molecule is COc1cc(Br)ncc1[C@@H]1c2ccc3c(cnn3[C@H]3CCCCO3)c2C[C@@H](C)N1CC1(F)CC1. The molecule has 0 N–H and O–H groups in total. The number of pyridine rings is 1. The summed E-state index contributed by atoms with van der Waals surface area (Å²) in [6.45, 7) is 3.41. The van der Waals surface area contributed by atoms with Crippen LogP contribution in [0.4, 0.5) is 4.39 Å². The zero-order valence-electron chi connectivity index (χ0n) is 19.6. The Morgan fingerprint density at radius 1 is 1.24 bits per heavy atom. The van der Waals surface area contributed by atoms with Crippen LogP contribution in [0.5, 0.6) is 5.75 Å². The summed E-state index contributed by atoms with van der Waals surface area (Å²) in [4.78, 5) is 6.83. The van der Waals surface area contributed by atoms with Gasteiger partial charge in [-0.25, -0.2) is 14.1 Å². The molecule has 3 atom stereocenters. The summed E-state index contributed by atoms with van der Waals surface area (Å²) in [6, 6.07) is 6.27. The molecule has 1 aliphatic carbocycles. The van der Waals surface area contributed by atoms with Crippen LogP contribution in [0.1, 0.15) is 68.0 Å². The van der Waals surface area contributed by atoms with E-state index in [4.69, 9.17) is 14.6 Å². The molecule has 6 rings (SSSR count). The molecular weight excluding hydrogens is 499 g/mol. The number of methoxy groups -OCH3 is 1. The lowest BCUT2D eigenvalue weighted by Gasteiger charge is -2.43. The predicted molar refractivity (Wildman–Crippen MR) is 132 cm³/mol. The largest absolute Gasteiger partial charge is 0.496 e. The average Bonchev–Trinajstić information content (AvgIpc) is 3.41. The third-order valence-electron chi connectivity index (χ3n) is 7.68. The van der Waals surface area contributed by atoms with Crippen LogP contribution in [0.2, 0.25) is 0 Å². The summed E-state index contributed by atoms with van der Waals surface area (Å²) in [5, 5.41) is 5.92. The lowest BCUT2D eigenvalue weighted by atomic mass is 9.83. The van der Waals surface area contributed by atoms with Crippen LogP contribution in [-0.4, -0.2) is 51.6 Å². The van der Waals surface area contributed by atoms with Gasteiger partial charge in [-0.1, -0.05) is 6.07 Å². The fraction of sp³-hybridized carbons (Fsp3) is 0.538. The van der Waals surface area contributed by atoms with Crippen molar-refractivity contribution in [2.45, 2.75) is 69.4 Å². The molecule has 3 aromatic rings. The van der Waals surface area contributed by atoms with Crippen molar-refractivity contribution in [1.82, 2.24) is 19.7 Å². The fourth-order valence-electron chi connectivity index (χ4n) is 5.69. The Balaban J connectivity index is 1.49. The molecular formula is C26H30BrFN4O2. The summed E-state index contributed by atoms with van der Waals surface area (Å²) in [6.07, 6.45) is 9.23. The van der Waals surface area contributed by atoms with Gasteiger partial charge in [-0.3, -0.25) is 4.90 Å². The quantitative estimate of drug-likeness (QED) is 0.395. The smallest absolute Gasteiger partial charge is 0.150 e. The second-order valence-corrected chi connectivity index (χ2v) is 10.8. The van der Waals surface area contributed by atoms with E-state index in [0.29, 0.717) is 19.4 Å². The van der Waals surface area contributed by atoms with Crippen LogP contribution < -0.4 is 4.74 Å². The molecule has 1 saturated heterocycles. The Morgan fingerprint density at radius 2 is 2.09 bits per heavy atom. The van der Waals surface area contributed by atoms with Gasteiger partial charge >= 0.3 is 0 Å². The van der Waals surface area contributed by atoms with Crippen molar-refractivity contribution < 1.29 is 13.9 Å². The minimum absolute atomic E-state index is 0.00496. The average molecular weight is 529 g/mol. The van der Waals surface area contributed by atoms with Crippen LogP contribution in [0.25, 0.3) is 10.9 Å². The van der Waals surface area contributed by atoms with Crippen LogP contribution in [0.15, 0.2) is 35.2 Å². The fourth-order valence-corrected chi connectivity index (χ4v) is 6.00. The first-order chi connectivity index (χ1) is 16.5. The molecule has 2 aromatic heterocycles. The number of fused-ring (bicyclic) bond motifs is 3. The lowest BCUT2D eigenvalue weighted by molar-refractivity contribution is -0.0366. The van der Waals surface area contributed by atoms with Crippen molar-refractivity contribution in [3.8, 4) is 5.75 Å². The molecule has 1 saturated carbocycles. The van der Waals surface area contributed by atoms with Crippen molar-refractivity contribution in [1.29, 1.82) is 0 Å². The molecule has 34 heavy (non-hydrogen) atoms. The van der Waals surface area contributed by atoms with Crippen molar-refractivity contribution in [2.24, 2.45) is 0 Å². The van der Waals surface area contributed by atoms with Crippen molar-refractivity contribution in [3.05, 3.63) is 51.9 Å². The van der Waals surface area contributed by atoms with Gasteiger partial charge < -0.3 is 9.47 Å². The van der Waals surface area contributed by atoms with E-state index in [9.17, 15) is 0 Å². The molecule has 2 aliphatic heterocycles. The van der Waals surface area contributed by atoms with Gasteiger partial charge in [0, 0.05) is 42.4 Å². The summed E-state index contributed by atoms with van der Waals surface area (Å²) in [7, 11) is 1.68. The zero-order valence-corrected chi connectivity index (χ0v) is 21.2. The van der Waals surface area contributed by atoms with Gasteiger partial charge in [0.25, 0.3) is 0 Å². The van der Waals surface area contributed by atoms with E-state index in [1.54, 1.807) is 7.11 Å². The number of hydrogen-bond acceptors (Lipinski definition) is 5. The highest BCUT2D eigenvalue weighted by Gasteiger charge is 2.48. The molecule has 6 nitrogen and oxygen atoms in total. The third kappa shape index (κ3) is 3.84. The van der Waals surface area contributed by atoms with Gasteiger partial charge in [0.2, 0.25) is 0 Å². The number of nitrogens with zero attached hydrogens (tertiary/aromatic N) is 4.